The van der Waals surface area contributed by atoms with Gasteiger partial charge in [0.2, 0.25) is 5.91 Å². The SMILES string of the molecule is Cc1cccc(C)c1NC(=O)CN(C)C(=O)c1nnn(-c2cccc([N+](=O)[O-])c2)c1C. The highest BCUT2D eigenvalue weighted by Crippen LogP contribution is 2.20. The maximum Gasteiger partial charge on any atom is 0.276 e. The summed E-state index contributed by atoms with van der Waals surface area (Å²) in [5.74, 6) is -0.817. The Morgan fingerprint density at radius 3 is 2.42 bits per heavy atom. The number of para-hydroxylation sites is 1. The summed E-state index contributed by atoms with van der Waals surface area (Å²) in [6.07, 6.45) is 0. The number of hydrogen-bond acceptors (Lipinski definition) is 6. The van der Waals surface area contributed by atoms with Gasteiger partial charge in [0.05, 0.1) is 22.8 Å². The van der Waals surface area contributed by atoms with Gasteiger partial charge in [-0.3, -0.25) is 19.7 Å². The smallest absolute Gasteiger partial charge is 0.276 e. The zero-order valence-corrected chi connectivity index (χ0v) is 17.6. The van der Waals surface area contributed by atoms with E-state index in [1.54, 1.807) is 13.0 Å². The molecule has 3 rings (SSSR count). The van der Waals surface area contributed by atoms with Crippen molar-refractivity contribution in [2.75, 3.05) is 18.9 Å². The van der Waals surface area contributed by atoms with Gasteiger partial charge < -0.3 is 10.2 Å². The van der Waals surface area contributed by atoms with Crippen LogP contribution in [0.1, 0.15) is 27.3 Å². The molecule has 0 fully saturated rings. The van der Waals surface area contributed by atoms with Gasteiger partial charge in [0.1, 0.15) is 0 Å². The first kappa shape index (κ1) is 21.6. The van der Waals surface area contributed by atoms with E-state index in [1.807, 2.05) is 32.0 Å². The molecule has 160 valence electrons. The van der Waals surface area contributed by atoms with Crippen molar-refractivity contribution in [2.45, 2.75) is 20.8 Å². The van der Waals surface area contributed by atoms with Gasteiger partial charge in [0, 0.05) is 24.9 Å². The van der Waals surface area contributed by atoms with Crippen LogP contribution in [0.3, 0.4) is 0 Å². The van der Waals surface area contributed by atoms with Crippen LogP contribution >= 0.6 is 0 Å². The van der Waals surface area contributed by atoms with E-state index >= 15 is 0 Å². The Morgan fingerprint density at radius 2 is 1.77 bits per heavy atom. The maximum absolute atomic E-state index is 12.8. The minimum Gasteiger partial charge on any atom is -0.331 e. The van der Waals surface area contributed by atoms with Gasteiger partial charge in [0.25, 0.3) is 11.6 Å². The summed E-state index contributed by atoms with van der Waals surface area (Å²) in [7, 11) is 1.50. The maximum atomic E-state index is 12.8. The molecule has 0 saturated heterocycles. The summed E-state index contributed by atoms with van der Waals surface area (Å²) >= 11 is 0. The molecule has 3 aromatic rings. The molecule has 1 heterocycles. The number of carbonyl (C=O) groups excluding carboxylic acids is 2. The molecule has 0 aliphatic rings. The van der Waals surface area contributed by atoms with Crippen LogP contribution in [0, 0.1) is 30.9 Å². The number of nitrogens with zero attached hydrogens (tertiary/aromatic N) is 5. The molecule has 0 radical (unpaired) electrons. The number of nitro groups is 1. The number of nitrogens with one attached hydrogen (secondary N) is 1. The second-order valence-corrected chi connectivity index (χ2v) is 7.19. The summed E-state index contributed by atoms with van der Waals surface area (Å²) in [5.41, 5.74) is 3.37. The molecule has 1 N–H and O–H groups in total. The normalized spacial score (nSPS) is 10.6. The number of aryl methyl sites for hydroxylation is 2. The van der Waals surface area contributed by atoms with Crippen LogP contribution < -0.4 is 5.32 Å². The van der Waals surface area contributed by atoms with Gasteiger partial charge in [-0.25, -0.2) is 4.68 Å². The predicted octanol–water partition coefficient (Wildman–Crippen LogP) is 2.81. The Labute approximate surface area is 178 Å². The minimum absolute atomic E-state index is 0.0638. The van der Waals surface area contributed by atoms with Crippen LogP contribution in [-0.4, -0.2) is 50.2 Å². The fourth-order valence-corrected chi connectivity index (χ4v) is 3.17. The number of likely N-dealkylation sites (N-methyl/N-ethyl adjacent to an activating group) is 1. The molecule has 31 heavy (non-hydrogen) atoms. The second kappa shape index (κ2) is 8.74. The molecule has 1 aromatic heterocycles. The standard InChI is InChI=1S/C21H22N6O4/c1-13-7-5-8-14(2)19(13)22-18(28)12-25(4)21(29)20-15(3)26(24-23-20)16-9-6-10-17(11-16)27(30)31/h5-11H,12H2,1-4H3,(H,22,28). The largest absolute Gasteiger partial charge is 0.331 e. The highest BCUT2D eigenvalue weighted by Gasteiger charge is 2.23. The Hall–Kier alpha value is -4.08. The van der Waals surface area contributed by atoms with Crippen molar-refractivity contribution in [1.82, 2.24) is 19.9 Å². The Balaban J connectivity index is 1.75. The average Bonchev–Trinajstić information content (AvgIpc) is 3.11. The van der Waals surface area contributed by atoms with Gasteiger partial charge in [-0.05, 0) is 38.0 Å². The van der Waals surface area contributed by atoms with E-state index in [1.165, 1.54) is 34.8 Å². The molecule has 0 aliphatic heterocycles. The molecule has 10 nitrogen and oxygen atoms in total. The summed E-state index contributed by atoms with van der Waals surface area (Å²) < 4.78 is 1.35. The second-order valence-electron chi connectivity index (χ2n) is 7.19. The first-order valence-corrected chi connectivity index (χ1v) is 9.47. The molecule has 0 bridgehead atoms. The Morgan fingerprint density at radius 1 is 1.13 bits per heavy atom. The lowest BCUT2D eigenvalue weighted by Crippen LogP contribution is -2.35. The van der Waals surface area contributed by atoms with Crippen molar-refractivity contribution in [3.05, 3.63) is 75.1 Å². The van der Waals surface area contributed by atoms with E-state index in [9.17, 15) is 19.7 Å². The number of anilines is 1. The molecule has 0 saturated carbocycles. The molecule has 2 amide bonds. The van der Waals surface area contributed by atoms with Gasteiger partial charge in [0.15, 0.2) is 5.69 Å². The third-order valence-corrected chi connectivity index (χ3v) is 4.86. The third kappa shape index (κ3) is 4.58. The van der Waals surface area contributed by atoms with Crippen LogP contribution in [-0.2, 0) is 4.79 Å². The lowest BCUT2D eigenvalue weighted by atomic mass is 10.1. The first-order chi connectivity index (χ1) is 14.7. The van der Waals surface area contributed by atoms with E-state index < -0.39 is 10.8 Å². The Bertz CT molecular complexity index is 1150. The monoisotopic (exact) mass is 422 g/mol. The van der Waals surface area contributed by atoms with E-state index in [0.29, 0.717) is 11.4 Å². The summed E-state index contributed by atoms with van der Waals surface area (Å²) in [6.45, 7) is 5.26. The quantitative estimate of drug-likeness (QED) is 0.481. The van der Waals surface area contributed by atoms with Gasteiger partial charge in [-0.2, -0.15) is 0 Å². The topological polar surface area (TPSA) is 123 Å². The van der Waals surface area contributed by atoms with Crippen LogP contribution in [0.2, 0.25) is 0 Å². The number of carbonyl (C=O) groups is 2. The summed E-state index contributed by atoms with van der Waals surface area (Å²) in [6, 6.07) is 11.6. The van der Waals surface area contributed by atoms with E-state index in [-0.39, 0.29) is 23.8 Å². The van der Waals surface area contributed by atoms with Gasteiger partial charge >= 0.3 is 0 Å². The van der Waals surface area contributed by atoms with Crippen LogP contribution in [0.15, 0.2) is 42.5 Å². The highest BCUT2D eigenvalue weighted by atomic mass is 16.6. The number of hydrogen-bond donors (Lipinski definition) is 1. The zero-order valence-electron chi connectivity index (χ0n) is 17.6. The van der Waals surface area contributed by atoms with Crippen molar-refractivity contribution in [3.8, 4) is 5.69 Å². The fraction of sp³-hybridized carbons (Fsp3) is 0.238. The predicted molar refractivity (Wildman–Crippen MR) is 114 cm³/mol. The van der Waals surface area contributed by atoms with E-state index in [0.717, 1.165) is 16.8 Å². The van der Waals surface area contributed by atoms with Gasteiger partial charge in [-0.1, -0.05) is 29.5 Å². The van der Waals surface area contributed by atoms with Crippen molar-refractivity contribution in [2.24, 2.45) is 0 Å². The van der Waals surface area contributed by atoms with Crippen LogP contribution in [0.4, 0.5) is 11.4 Å². The van der Waals surface area contributed by atoms with Crippen molar-refractivity contribution in [3.63, 3.8) is 0 Å². The first-order valence-electron chi connectivity index (χ1n) is 9.47. The number of benzene rings is 2. The van der Waals surface area contributed by atoms with Crippen molar-refractivity contribution >= 4 is 23.2 Å². The number of nitro benzene ring substituents is 1. The minimum atomic E-state index is -0.510. The van der Waals surface area contributed by atoms with Crippen LogP contribution in [0.5, 0.6) is 0 Å². The number of amides is 2. The van der Waals surface area contributed by atoms with E-state index in [4.69, 9.17) is 0 Å². The molecule has 2 aromatic carbocycles. The average molecular weight is 422 g/mol. The number of aromatic nitrogens is 3. The van der Waals surface area contributed by atoms with Crippen molar-refractivity contribution in [1.29, 1.82) is 0 Å². The van der Waals surface area contributed by atoms with E-state index in [2.05, 4.69) is 15.6 Å². The Kier molecular flexibility index (Phi) is 6.10. The molecule has 10 heteroatoms. The molecular weight excluding hydrogens is 400 g/mol. The highest BCUT2D eigenvalue weighted by molar-refractivity contribution is 5.99. The number of rotatable bonds is 6. The molecule has 0 spiro atoms. The molecular formula is C21H22N6O4. The molecule has 0 atom stereocenters. The van der Waals surface area contributed by atoms with Crippen molar-refractivity contribution < 1.29 is 14.5 Å². The third-order valence-electron chi connectivity index (χ3n) is 4.86. The fourth-order valence-electron chi connectivity index (χ4n) is 3.17. The number of non-ortho nitro benzene ring substituents is 1. The van der Waals surface area contributed by atoms with Gasteiger partial charge in [-0.15, -0.1) is 5.10 Å². The lowest BCUT2D eigenvalue weighted by molar-refractivity contribution is -0.384. The summed E-state index contributed by atoms with van der Waals surface area (Å²) in [4.78, 5) is 37.0. The molecule has 0 aliphatic carbocycles. The zero-order chi connectivity index (χ0) is 22.7. The lowest BCUT2D eigenvalue weighted by Gasteiger charge is -2.17. The van der Waals surface area contributed by atoms with Crippen LogP contribution in [0.25, 0.3) is 5.69 Å². The molecule has 0 unspecified atom stereocenters. The summed E-state index contributed by atoms with van der Waals surface area (Å²) in [5, 5.41) is 21.7.